The lowest BCUT2D eigenvalue weighted by atomic mass is 10.0. The Balaban J connectivity index is 1.50. The molecule has 2 aliphatic rings. The van der Waals surface area contributed by atoms with Gasteiger partial charge >= 0.3 is 0 Å². The Morgan fingerprint density at radius 3 is 3.08 bits per heavy atom. The van der Waals surface area contributed by atoms with Gasteiger partial charge in [0.2, 0.25) is 5.91 Å². The maximum Gasteiger partial charge on any atom is 0.237 e. The van der Waals surface area contributed by atoms with Gasteiger partial charge in [0.15, 0.2) is 0 Å². The lowest BCUT2D eigenvalue weighted by Crippen LogP contribution is -2.46. The summed E-state index contributed by atoms with van der Waals surface area (Å²) in [4.78, 5) is 20.1. The molecule has 1 saturated heterocycles. The molecule has 0 aliphatic carbocycles. The molecule has 2 N–H and O–H groups in total. The molecule has 2 aliphatic heterocycles. The zero-order valence-electron chi connectivity index (χ0n) is 13.6. The first kappa shape index (κ1) is 15.9. The third-order valence-electron chi connectivity index (χ3n) is 5.15. The lowest BCUT2D eigenvalue weighted by molar-refractivity contribution is -0.134. The number of hydrogen-bond donors (Lipinski definition) is 2. The molecule has 1 aromatic carbocycles. The van der Waals surface area contributed by atoms with Crippen LogP contribution in [0.2, 0.25) is 5.02 Å². The Hall–Kier alpha value is -1.56. The van der Waals surface area contributed by atoms with Gasteiger partial charge in [0.1, 0.15) is 0 Å². The number of likely N-dealkylation sites (tertiary alicyclic amines) is 1. The fourth-order valence-corrected chi connectivity index (χ4v) is 4.10. The second-order valence-electron chi connectivity index (χ2n) is 6.84. The second-order valence-corrected chi connectivity index (χ2v) is 7.25. The van der Waals surface area contributed by atoms with Crippen LogP contribution in [0.25, 0.3) is 10.9 Å². The molecule has 2 aromatic rings. The van der Waals surface area contributed by atoms with Crippen molar-refractivity contribution < 1.29 is 9.90 Å². The van der Waals surface area contributed by atoms with Crippen molar-refractivity contribution in [2.75, 3.05) is 26.2 Å². The van der Waals surface area contributed by atoms with Crippen LogP contribution >= 0.6 is 11.6 Å². The van der Waals surface area contributed by atoms with E-state index in [0.717, 1.165) is 48.3 Å². The number of β-amino-alcohol motifs (C(OH)–C–C–N with tert-alkyl or cyclic N) is 1. The molecule has 6 heteroatoms. The number of aromatic nitrogens is 1. The van der Waals surface area contributed by atoms with E-state index in [1.165, 1.54) is 11.3 Å². The molecule has 0 spiro atoms. The smallest absolute Gasteiger partial charge is 0.237 e. The summed E-state index contributed by atoms with van der Waals surface area (Å²) < 4.78 is 0. The predicted octanol–water partition coefficient (Wildman–Crippen LogP) is 2.16. The quantitative estimate of drug-likeness (QED) is 0.875. The Labute approximate surface area is 146 Å². The van der Waals surface area contributed by atoms with Crippen LogP contribution in [0.1, 0.15) is 24.1 Å². The molecule has 3 heterocycles. The molecule has 0 bridgehead atoms. The van der Waals surface area contributed by atoms with Crippen LogP contribution in [0.4, 0.5) is 0 Å². The molecule has 0 radical (unpaired) electrons. The van der Waals surface area contributed by atoms with Gasteiger partial charge in [-0.25, -0.2) is 0 Å². The SMILES string of the molecule is O=C(CN1CCCC(O)C1)N1CCc2[nH]c3c(Cl)cccc3c2C1. The standard InChI is InChI=1S/C18H22ClN3O2/c19-15-5-1-4-13-14-10-22(8-6-16(14)20-18(13)15)17(24)11-21-7-2-3-12(23)9-21/h1,4-5,12,20,23H,2-3,6-11H2. The van der Waals surface area contributed by atoms with E-state index in [1.54, 1.807) is 0 Å². The minimum atomic E-state index is -0.296. The number of piperidine rings is 1. The van der Waals surface area contributed by atoms with Gasteiger partial charge < -0.3 is 15.0 Å². The van der Waals surface area contributed by atoms with Gasteiger partial charge in [0.25, 0.3) is 0 Å². The van der Waals surface area contributed by atoms with Gasteiger partial charge in [-0.3, -0.25) is 9.69 Å². The molecule has 24 heavy (non-hydrogen) atoms. The number of nitrogens with zero attached hydrogens (tertiary/aromatic N) is 2. The first-order valence-corrected chi connectivity index (χ1v) is 8.96. The number of para-hydroxylation sites is 1. The predicted molar refractivity (Wildman–Crippen MR) is 94.1 cm³/mol. The van der Waals surface area contributed by atoms with Crippen LogP contribution in [-0.2, 0) is 17.8 Å². The van der Waals surface area contributed by atoms with E-state index in [0.29, 0.717) is 19.6 Å². The van der Waals surface area contributed by atoms with Crippen molar-refractivity contribution in [1.29, 1.82) is 0 Å². The third-order valence-corrected chi connectivity index (χ3v) is 5.47. The number of aliphatic hydroxyl groups excluding tert-OH is 1. The number of aromatic amines is 1. The van der Waals surface area contributed by atoms with Gasteiger partial charge in [-0.15, -0.1) is 0 Å². The van der Waals surface area contributed by atoms with Crippen LogP contribution < -0.4 is 0 Å². The maximum atomic E-state index is 12.7. The fourth-order valence-electron chi connectivity index (χ4n) is 3.88. The number of rotatable bonds is 2. The van der Waals surface area contributed by atoms with Crippen molar-refractivity contribution in [3.8, 4) is 0 Å². The van der Waals surface area contributed by atoms with Crippen molar-refractivity contribution in [2.45, 2.75) is 31.9 Å². The molecule has 1 unspecified atom stereocenters. The molecule has 4 rings (SSSR count). The zero-order valence-corrected chi connectivity index (χ0v) is 14.4. The summed E-state index contributed by atoms with van der Waals surface area (Å²) in [6.07, 6.45) is 2.33. The van der Waals surface area contributed by atoms with Gasteiger partial charge in [0, 0.05) is 42.7 Å². The van der Waals surface area contributed by atoms with E-state index >= 15 is 0 Å². The van der Waals surface area contributed by atoms with E-state index in [9.17, 15) is 9.90 Å². The van der Waals surface area contributed by atoms with Crippen LogP contribution in [-0.4, -0.2) is 58.1 Å². The monoisotopic (exact) mass is 347 g/mol. The fraction of sp³-hybridized carbons (Fsp3) is 0.500. The van der Waals surface area contributed by atoms with Gasteiger partial charge in [-0.05, 0) is 25.5 Å². The summed E-state index contributed by atoms with van der Waals surface area (Å²) in [5.41, 5.74) is 3.35. The number of carbonyl (C=O) groups excluding carboxylic acids is 1. The Kier molecular flexibility index (Phi) is 4.24. The van der Waals surface area contributed by atoms with Gasteiger partial charge in [0.05, 0.1) is 23.2 Å². The summed E-state index contributed by atoms with van der Waals surface area (Å²) in [5, 5.41) is 11.6. The van der Waals surface area contributed by atoms with E-state index in [4.69, 9.17) is 11.6 Å². The van der Waals surface area contributed by atoms with Crippen molar-refractivity contribution in [2.24, 2.45) is 0 Å². The summed E-state index contributed by atoms with van der Waals surface area (Å²) in [7, 11) is 0. The van der Waals surface area contributed by atoms with Crippen LogP contribution in [0.15, 0.2) is 18.2 Å². The minimum Gasteiger partial charge on any atom is -0.392 e. The van der Waals surface area contributed by atoms with E-state index < -0.39 is 0 Å². The lowest BCUT2D eigenvalue weighted by Gasteiger charge is -2.33. The minimum absolute atomic E-state index is 0.145. The Morgan fingerprint density at radius 2 is 2.25 bits per heavy atom. The van der Waals surface area contributed by atoms with E-state index in [-0.39, 0.29) is 12.0 Å². The number of fused-ring (bicyclic) bond motifs is 3. The summed E-state index contributed by atoms with van der Waals surface area (Å²) in [6, 6.07) is 5.90. The summed E-state index contributed by atoms with van der Waals surface area (Å²) in [6.45, 7) is 3.26. The van der Waals surface area contributed by atoms with Crippen molar-refractivity contribution in [1.82, 2.24) is 14.8 Å². The second kappa shape index (κ2) is 6.39. The number of nitrogens with one attached hydrogen (secondary N) is 1. The Bertz CT molecular complexity index is 773. The third kappa shape index (κ3) is 2.92. The highest BCUT2D eigenvalue weighted by atomic mass is 35.5. The molecular formula is C18H22ClN3O2. The number of hydrogen-bond acceptors (Lipinski definition) is 3. The normalized spacial score (nSPS) is 21.9. The van der Waals surface area contributed by atoms with Crippen molar-refractivity contribution in [3.05, 3.63) is 34.5 Å². The van der Waals surface area contributed by atoms with E-state index in [2.05, 4.69) is 16.0 Å². The molecule has 1 atom stereocenters. The highest BCUT2D eigenvalue weighted by Crippen LogP contribution is 2.31. The molecule has 128 valence electrons. The number of aliphatic hydroxyl groups is 1. The number of H-pyrrole nitrogens is 1. The molecule has 1 fully saturated rings. The van der Waals surface area contributed by atoms with E-state index in [1.807, 2.05) is 17.0 Å². The van der Waals surface area contributed by atoms with Crippen LogP contribution in [0.5, 0.6) is 0 Å². The van der Waals surface area contributed by atoms with Crippen LogP contribution in [0, 0.1) is 0 Å². The average molecular weight is 348 g/mol. The van der Waals surface area contributed by atoms with Crippen molar-refractivity contribution in [3.63, 3.8) is 0 Å². The molecule has 1 amide bonds. The molecule has 0 saturated carbocycles. The van der Waals surface area contributed by atoms with Gasteiger partial charge in [-0.2, -0.15) is 0 Å². The largest absolute Gasteiger partial charge is 0.392 e. The maximum absolute atomic E-state index is 12.7. The molecular weight excluding hydrogens is 326 g/mol. The average Bonchev–Trinajstić information content (AvgIpc) is 2.94. The highest BCUT2D eigenvalue weighted by molar-refractivity contribution is 6.35. The number of amides is 1. The highest BCUT2D eigenvalue weighted by Gasteiger charge is 2.27. The summed E-state index contributed by atoms with van der Waals surface area (Å²) >= 11 is 6.28. The number of carbonyl (C=O) groups is 1. The zero-order chi connectivity index (χ0) is 16.7. The number of halogens is 1. The molecule has 1 aromatic heterocycles. The molecule has 5 nitrogen and oxygen atoms in total. The number of benzene rings is 1. The summed E-state index contributed by atoms with van der Waals surface area (Å²) in [5.74, 6) is 0.145. The topological polar surface area (TPSA) is 59.6 Å². The Morgan fingerprint density at radius 1 is 1.38 bits per heavy atom. The van der Waals surface area contributed by atoms with Gasteiger partial charge in [-0.1, -0.05) is 23.7 Å². The first-order valence-electron chi connectivity index (χ1n) is 8.58. The van der Waals surface area contributed by atoms with Crippen LogP contribution in [0.3, 0.4) is 0 Å². The van der Waals surface area contributed by atoms with Crippen molar-refractivity contribution >= 4 is 28.4 Å². The first-order chi connectivity index (χ1) is 11.6.